The molecule has 0 bridgehead atoms. The lowest BCUT2D eigenvalue weighted by Gasteiger charge is -2.05. The summed E-state index contributed by atoms with van der Waals surface area (Å²) in [6.45, 7) is -0.0772. The Bertz CT molecular complexity index is 670. The van der Waals surface area contributed by atoms with Gasteiger partial charge in [-0.25, -0.2) is 4.79 Å². The molecule has 0 unspecified atom stereocenters. The van der Waals surface area contributed by atoms with Gasteiger partial charge in [-0.2, -0.15) is 9.49 Å². The fraction of sp³-hybridized carbons (Fsp3) is 0.222. The fourth-order valence-corrected chi connectivity index (χ4v) is 1.42. The molecule has 0 radical (unpaired) electrons. The van der Waals surface area contributed by atoms with E-state index in [0.29, 0.717) is 10.1 Å². The van der Waals surface area contributed by atoms with Crippen LogP contribution in [0.4, 0.5) is 4.39 Å². The molecule has 0 fully saturated rings. The zero-order valence-electron chi connectivity index (χ0n) is 8.85. The third-order valence-electron chi connectivity index (χ3n) is 2.22. The maximum atomic E-state index is 13.1. The molecule has 2 rings (SSSR count). The van der Waals surface area contributed by atoms with Gasteiger partial charge in [-0.1, -0.05) is 0 Å². The molecule has 90 valence electrons. The lowest BCUT2D eigenvalue weighted by atomic mass is 10.3. The number of aromatic amines is 1. The minimum atomic E-state index is -1.38. The maximum Gasteiger partial charge on any atom is 0.331 e. The number of nitrogens with one attached hydrogen (secondary N) is 1. The second-order valence-electron chi connectivity index (χ2n) is 3.51. The Hall–Kier alpha value is -2.38. The van der Waals surface area contributed by atoms with Crippen molar-refractivity contribution in [1.82, 2.24) is 19.3 Å². The number of rotatable bonds is 2. The molecule has 0 saturated heterocycles. The zero-order valence-corrected chi connectivity index (χ0v) is 8.85. The van der Waals surface area contributed by atoms with Crippen LogP contribution in [0, 0.1) is 5.82 Å². The van der Waals surface area contributed by atoms with Crippen molar-refractivity contribution >= 4 is 0 Å². The average Bonchev–Trinajstić information content (AvgIpc) is 2.67. The van der Waals surface area contributed by atoms with Gasteiger partial charge in [0.2, 0.25) is 11.7 Å². The third kappa shape index (κ3) is 1.96. The second kappa shape index (κ2) is 3.89. The number of hydrogen-bond acceptors (Lipinski definition) is 4. The van der Waals surface area contributed by atoms with Gasteiger partial charge in [0.25, 0.3) is 5.56 Å². The van der Waals surface area contributed by atoms with E-state index in [1.54, 1.807) is 18.2 Å². The van der Waals surface area contributed by atoms with E-state index in [1.807, 2.05) is 0 Å². The van der Waals surface area contributed by atoms with Crippen LogP contribution in [0.3, 0.4) is 0 Å². The Morgan fingerprint density at radius 2 is 2.24 bits per heavy atom. The molecule has 0 atom stereocenters. The lowest BCUT2D eigenvalue weighted by molar-refractivity contribution is 0.367. The molecule has 2 N–H and O–H groups in total. The van der Waals surface area contributed by atoms with Gasteiger partial charge in [0, 0.05) is 18.8 Å². The van der Waals surface area contributed by atoms with Crippen LogP contribution in [0.5, 0.6) is 5.88 Å². The van der Waals surface area contributed by atoms with Crippen molar-refractivity contribution in [3.63, 3.8) is 0 Å². The topological polar surface area (TPSA) is 92.9 Å². The quantitative estimate of drug-likeness (QED) is 0.716. The highest BCUT2D eigenvalue weighted by Crippen LogP contribution is 2.09. The number of aromatic hydroxyl groups is 1. The van der Waals surface area contributed by atoms with Gasteiger partial charge in [0.15, 0.2) is 0 Å². The monoisotopic (exact) mass is 240 g/mol. The Morgan fingerprint density at radius 3 is 2.82 bits per heavy atom. The Morgan fingerprint density at radius 1 is 1.53 bits per heavy atom. The van der Waals surface area contributed by atoms with E-state index in [4.69, 9.17) is 0 Å². The first kappa shape index (κ1) is 11.1. The number of aryl methyl sites for hydroxylation is 1. The summed E-state index contributed by atoms with van der Waals surface area (Å²) >= 11 is 0. The van der Waals surface area contributed by atoms with E-state index in [9.17, 15) is 19.1 Å². The molecule has 8 heteroatoms. The first-order valence-electron chi connectivity index (χ1n) is 4.68. The Kier molecular flexibility index (Phi) is 2.54. The molecule has 2 aromatic rings. The number of halogens is 1. The van der Waals surface area contributed by atoms with Crippen LogP contribution in [0.2, 0.25) is 0 Å². The summed E-state index contributed by atoms with van der Waals surface area (Å²) in [7, 11) is 1.68. The van der Waals surface area contributed by atoms with Crippen molar-refractivity contribution in [2.75, 3.05) is 0 Å². The Balaban J connectivity index is 2.50. The molecule has 2 aromatic heterocycles. The van der Waals surface area contributed by atoms with Crippen LogP contribution in [0.15, 0.2) is 22.0 Å². The van der Waals surface area contributed by atoms with E-state index in [2.05, 4.69) is 5.10 Å². The van der Waals surface area contributed by atoms with Crippen LogP contribution < -0.4 is 11.2 Å². The fourth-order valence-electron chi connectivity index (χ4n) is 1.42. The zero-order chi connectivity index (χ0) is 12.6. The predicted molar refractivity (Wildman–Crippen MR) is 55.3 cm³/mol. The summed E-state index contributed by atoms with van der Waals surface area (Å²) in [4.78, 5) is 24.0. The van der Waals surface area contributed by atoms with E-state index < -0.39 is 22.9 Å². The minimum Gasteiger partial charge on any atom is -0.492 e. The molecule has 2 heterocycles. The van der Waals surface area contributed by atoms with Gasteiger partial charge < -0.3 is 5.11 Å². The van der Waals surface area contributed by atoms with Crippen molar-refractivity contribution in [3.8, 4) is 5.88 Å². The second-order valence-corrected chi connectivity index (χ2v) is 3.51. The number of hydrogen-bond donors (Lipinski definition) is 2. The first-order chi connectivity index (χ1) is 7.99. The highest BCUT2D eigenvalue weighted by molar-refractivity contribution is 5.13. The first-order valence-corrected chi connectivity index (χ1v) is 4.68. The number of nitrogens with zero attached hydrogens (tertiary/aromatic N) is 3. The van der Waals surface area contributed by atoms with Crippen molar-refractivity contribution in [2.45, 2.75) is 6.54 Å². The number of H-pyrrole nitrogens is 1. The largest absolute Gasteiger partial charge is 0.492 e. The van der Waals surface area contributed by atoms with E-state index in [1.165, 1.54) is 10.9 Å². The highest BCUT2D eigenvalue weighted by atomic mass is 19.1. The molecule has 0 amide bonds. The normalized spacial score (nSPS) is 10.7. The summed E-state index contributed by atoms with van der Waals surface area (Å²) in [5.74, 6) is -2.36. The van der Waals surface area contributed by atoms with Gasteiger partial charge in [-0.05, 0) is 0 Å². The standard InChI is InChI=1S/C9H9FN4O3/c1-13-3-5(2-11-13)4-14-8(16)6(10)7(15)12-9(14)17/h2-3,16H,4H2,1H3,(H,12,15,17). The van der Waals surface area contributed by atoms with Gasteiger partial charge >= 0.3 is 5.69 Å². The molecule has 0 spiro atoms. The van der Waals surface area contributed by atoms with Gasteiger partial charge in [-0.15, -0.1) is 0 Å². The summed E-state index contributed by atoms with van der Waals surface area (Å²) in [5.41, 5.74) is -1.52. The molecule has 17 heavy (non-hydrogen) atoms. The van der Waals surface area contributed by atoms with Crippen molar-refractivity contribution in [3.05, 3.63) is 44.6 Å². The van der Waals surface area contributed by atoms with E-state index >= 15 is 0 Å². The minimum absolute atomic E-state index is 0.0772. The molecular weight excluding hydrogens is 231 g/mol. The molecule has 0 saturated carbocycles. The summed E-state index contributed by atoms with van der Waals surface area (Å²) in [6, 6.07) is 0. The average molecular weight is 240 g/mol. The third-order valence-corrected chi connectivity index (χ3v) is 2.22. The predicted octanol–water partition coefficient (Wildman–Crippen LogP) is -0.837. The summed E-state index contributed by atoms with van der Waals surface area (Å²) in [5, 5.41) is 13.2. The smallest absolute Gasteiger partial charge is 0.331 e. The van der Waals surface area contributed by atoms with Gasteiger partial charge in [0.1, 0.15) is 0 Å². The van der Waals surface area contributed by atoms with Crippen molar-refractivity contribution < 1.29 is 9.50 Å². The lowest BCUT2D eigenvalue weighted by Crippen LogP contribution is -2.32. The highest BCUT2D eigenvalue weighted by Gasteiger charge is 2.14. The van der Waals surface area contributed by atoms with Crippen LogP contribution in [-0.2, 0) is 13.6 Å². The van der Waals surface area contributed by atoms with E-state index in [0.717, 1.165) is 0 Å². The molecule has 0 aliphatic heterocycles. The SMILES string of the molecule is Cn1cc(Cn2c(O)c(F)c(=O)[nH]c2=O)cn1. The van der Waals surface area contributed by atoms with Gasteiger partial charge in [-0.3, -0.25) is 19.0 Å². The van der Waals surface area contributed by atoms with Gasteiger partial charge in [0.05, 0.1) is 12.7 Å². The molecular formula is C9H9FN4O3. The number of aromatic nitrogens is 4. The Labute approximate surface area is 93.8 Å². The summed E-state index contributed by atoms with van der Waals surface area (Å²) in [6.07, 6.45) is 3.07. The van der Waals surface area contributed by atoms with Crippen LogP contribution in [0.1, 0.15) is 5.56 Å². The van der Waals surface area contributed by atoms with Crippen LogP contribution >= 0.6 is 0 Å². The molecule has 0 aliphatic rings. The molecule has 7 nitrogen and oxygen atoms in total. The van der Waals surface area contributed by atoms with Crippen LogP contribution in [0.25, 0.3) is 0 Å². The van der Waals surface area contributed by atoms with E-state index in [-0.39, 0.29) is 6.54 Å². The molecule has 0 aromatic carbocycles. The summed E-state index contributed by atoms with van der Waals surface area (Å²) < 4.78 is 15.3. The molecule has 0 aliphatic carbocycles. The maximum absolute atomic E-state index is 13.1. The van der Waals surface area contributed by atoms with Crippen molar-refractivity contribution in [2.24, 2.45) is 7.05 Å². The van der Waals surface area contributed by atoms with Crippen LogP contribution in [-0.4, -0.2) is 24.4 Å². The van der Waals surface area contributed by atoms with Crippen molar-refractivity contribution in [1.29, 1.82) is 0 Å².